The number of amides is 1. The molecule has 3 rings (SSSR count). The molecule has 0 unspecified atom stereocenters. The maximum Gasteiger partial charge on any atom is 0.295 e. The lowest BCUT2D eigenvalue weighted by molar-refractivity contribution is -0.140. The fourth-order valence-electron chi connectivity index (χ4n) is 3.27. The van der Waals surface area contributed by atoms with Crippen LogP contribution in [0.25, 0.3) is 5.76 Å². The lowest BCUT2D eigenvalue weighted by atomic mass is 9.95. The minimum Gasteiger partial charge on any atom is -0.507 e. The number of carbonyl (C=O) groups excluding carboxylic acids is 2. The summed E-state index contributed by atoms with van der Waals surface area (Å²) in [6.07, 6.45) is 0. The molecule has 1 heterocycles. The van der Waals surface area contributed by atoms with E-state index in [9.17, 15) is 19.8 Å². The zero-order chi connectivity index (χ0) is 19.6. The fourth-order valence-corrected chi connectivity index (χ4v) is 3.27. The summed E-state index contributed by atoms with van der Waals surface area (Å²) in [5.74, 6) is -1.68. The van der Waals surface area contributed by atoms with Crippen LogP contribution < -0.4 is 4.90 Å². The van der Waals surface area contributed by atoms with Crippen molar-refractivity contribution >= 4 is 23.1 Å². The van der Waals surface area contributed by atoms with E-state index in [1.54, 1.807) is 30.3 Å². The van der Waals surface area contributed by atoms with Gasteiger partial charge in [0.1, 0.15) is 5.76 Å². The summed E-state index contributed by atoms with van der Waals surface area (Å²) in [6, 6.07) is 15.4. The van der Waals surface area contributed by atoms with Crippen LogP contribution in [0.15, 0.2) is 60.2 Å². The number of aliphatic hydroxyl groups is 2. The van der Waals surface area contributed by atoms with Crippen molar-refractivity contribution in [3.8, 4) is 0 Å². The topological polar surface area (TPSA) is 81.1 Å². The maximum absolute atomic E-state index is 12.7. The molecule has 2 aromatic carbocycles. The Morgan fingerprint density at radius 2 is 1.67 bits per heavy atom. The number of β-amino-alcohol motifs (C(OH)–C–C–N with tert-alkyl or cyclic N) is 1. The number of benzene rings is 2. The highest BCUT2D eigenvalue weighted by Gasteiger charge is 2.45. The molecule has 0 saturated carbocycles. The molecule has 6 heteroatoms. The number of likely N-dealkylation sites (tertiary alicyclic amines) is 1. The van der Waals surface area contributed by atoms with Crippen LogP contribution in [0, 0.1) is 0 Å². The molecular formula is C21H22N2O4. The molecule has 6 nitrogen and oxygen atoms in total. The molecule has 0 radical (unpaired) electrons. The molecule has 0 aliphatic carbocycles. The SMILES string of the molecule is CN(C)c1ccc([C@@H]2C(=C(O)c3ccccc3)C(=O)C(=O)N2CCO)cc1. The van der Waals surface area contributed by atoms with Crippen molar-refractivity contribution in [2.24, 2.45) is 0 Å². The van der Waals surface area contributed by atoms with Crippen LogP contribution in [0.1, 0.15) is 17.2 Å². The average molecular weight is 366 g/mol. The zero-order valence-electron chi connectivity index (χ0n) is 15.3. The van der Waals surface area contributed by atoms with Gasteiger partial charge in [0.2, 0.25) is 0 Å². The third-order valence-electron chi connectivity index (χ3n) is 4.65. The van der Waals surface area contributed by atoms with Gasteiger partial charge in [-0.2, -0.15) is 0 Å². The second-order valence-electron chi connectivity index (χ2n) is 6.57. The van der Waals surface area contributed by atoms with Crippen molar-refractivity contribution in [2.45, 2.75) is 6.04 Å². The number of hydrogen-bond donors (Lipinski definition) is 2. The Kier molecular flexibility index (Phi) is 5.28. The van der Waals surface area contributed by atoms with Crippen LogP contribution in [-0.2, 0) is 9.59 Å². The number of Topliss-reactive ketones (excluding diaryl/α,β-unsaturated/α-hetero) is 1. The molecule has 27 heavy (non-hydrogen) atoms. The van der Waals surface area contributed by atoms with Crippen LogP contribution in [0.4, 0.5) is 5.69 Å². The van der Waals surface area contributed by atoms with Crippen molar-refractivity contribution in [3.05, 3.63) is 71.3 Å². The number of rotatable bonds is 5. The van der Waals surface area contributed by atoms with Gasteiger partial charge >= 0.3 is 0 Å². The van der Waals surface area contributed by atoms with Crippen LogP contribution in [0.5, 0.6) is 0 Å². The molecule has 1 saturated heterocycles. The van der Waals surface area contributed by atoms with Crippen molar-refractivity contribution in [1.29, 1.82) is 0 Å². The minimum absolute atomic E-state index is 0.0102. The Labute approximate surface area is 158 Å². The Bertz CT molecular complexity index is 873. The Balaban J connectivity index is 2.14. The lowest BCUT2D eigenvalue weighted by Crippen LogP contribution is -2.32. The maximum atomic E-state index is 12.7. The molecule has 0 aromatic heterocycles. The first-order valence-electron chi connectivity index (χ1n) is 8.67. The van der Waals surface area contributed by atoms with Crippen molar-refractivity contribution in [3.63, 3.8) is 0 Å². The number of carbonyl (C=O) groups is 2. The first kappa shape index (κ1) is 18.7. The Morgan fingerprint density at radius 1 is 1.04 bits per heavy atom. The van der Waals surface area contributed by atoms with E-state index in [0.717, 1.165) is 5.69 Å². The van der Waals surface area contributed by atoms with Crippen molar-refractivity contribution in [2.75, 3.05) is 32.1 Å². The van der Waals surface area contributed by atoms with Gasteiger partial charge in [-0.3, -0.25) is 9.59 Å². The van der Waals surface area contributed by atoms with Crippen molar-refractivity contribution < 1.29 is 19.8 Å². The molecule has 140 valence electrons. The van der Waals surface area contributed by atoms with Gasteiger partial charge in [-0.1, -0.05) is 42.5 Å². The van der Waals surface area contributed by atoms with Gasteiger partial charge in [-0.25, -0.2) is 0 Å². The third kappa shape index (κ3) is 3.44. The van der Waals surface area contributed by atoms with Crippen LogP contribution in [0.2, 0.25) is 0 Å². The quantitative estimate of drug-likeness (QED) is 0.482. The van der Waals surface area contributed by atoms with Gasteiger partial charge in [-0.15, -0.1) is 0 Å². The van der Waals surface area contributed by atoms with Gasteiger partial charge in [-0.05, 0) is 17.7 Å². The van der Waals surface area contributed by atoms with E-state index < -0.39 is 17.7 Å². The summed E-state index contributed by atoms with van der Waals surface area (Å²) < 4.78 is 0. The van der Waals surface area contributed by atoms with Crippen LogP contribution >= 0.6 is 0 Å². The summed E-state index contributed by atoms with van der Waals surface area (Å²) in [5, 5.41) is 20.1. The first-order valence-corrected chi connectivity index (χ1v) is 8.67. The van der Waals surface area contributed by atoms with Crippen molar-refractivity contribution in [1.82, 2.24) is 4.90 Å². The van der Waals surface area contributed by atoms with E-state index in [1.807, 2.05) is 43.3 Å². The van der Waals surface area contributed by atoms with E-state index in [-0.39, 0.29) is 24.5 Å². The van der Waals surface area contributed by atoms with E-state index in [1.165, 1.54) is 4.90 Å². The molecule has 0 spiro atoms. The van der Waals surface area contributed by atoms with E-state index in [4.69, 9.17) is 0 Å². The zero-order valence-corrected chi connectivity index (χ0v) is 15.3. The molecule has 1 atom stereocenters. The Morgan fingerprint density at radius 3 is 2.22 bits per heavy atom. The largest absolute Gasteiger partial charge is 0.507 e. The Hall–Kier alpha value is -3.12. The van der Waals surface area contributed by atoms with Gasteiger partial charge in [0.25, 0.3) is 11.7 Å². The monoisotopic (exact) mass is 366 g/mol. The molecule has 1 aliphatic rings. The number of ketones is 1. The first-order chi connectivity index (χ1) is 13.0. The number of anilines is 1. The van der Waals surface area contributed by atoms with E-state index in [0.29, 0.717) is 11.1 Å². The number of hydrogen-bond acceptors (Lipinski definition) is 5. The summed E-state index contributed by atoms with van der Waals surface area (Å²) in [4.78, 5) is 28.4. The summed E-state index contributed by atoms with van der Waals surface area (Å²) in [6.45, 7) is -0.263. The fraction of sp³-hybridized carbons (Fsp3) is 0.238. The predicted molar refractivity (Wildman–Crippen MR) is 103 cm³/mol. The summed E-state index contributed by atoms with van der Waals surface area (Å²) in [5.41, 5.74) is 2.18. The average Bonchev–Trinajstić information content (AvgIpc) is 2.93. The van der Waals surface area contributed by atoms with E-state index >= 15 is 0 Å². The van der Waals surface area contributed by atoms with E-state index in [2.05, 4.69) is 0 Å². The third-order valence-corrected chi connectivity index (χ3v) is 4.65. The molecule has 1 fully saturated rings. The standard InChI is InChI=1S/C21H22N2O4/c1-22(2)16-10-8-14(9-11-16)18-17(19(25)15-6-4-3-5-7-15)20(26)21(27)23(18)12-13-24/h3-11,18,24-25H,12-13H2,1-2H3/t18-/m1/s1. The predicted octanol–water partition coefficient (Wildman–Crippen LogP) is 2.17. The van der Waals surface area contributed by atoms with Crippen LogP contribution in [0.3, 0.4) is 0 Å². The van der Waals surface area contributed by atoms with Crippen LogP contribution in [-0.4, -0.2) is 54.1 Å². The molecular weight excluding hydrogens is 344 g/mol. The second-order valence-corrected chi connectivity index (χ2v) is 6.57. The molecule has 1 aliphatic heterocycles. The van der Waals surface area contributed by atoms with Gasteiger partial charge < -0.3 is 20.0 Å². The molecule has 2 aromatic rings. The van der Waals surface area contributed by atoms with Gasteiger partial charge in [0, 0.05) is 31.9 Å². The number of nitrogens with zero attached hydrogens (tertiary/aromatic N) is 2. The molecule has 1 amide bonds. The lowest BCUT2D eigenvalue weighted by Gasteiger charge is -2.25. The molecule has 0 bridgehead atoms. The summed E-state index contributed by atoms with van der Waals surface area (Å²) >= 11 is 0. The summed E-state index contributed by atoms with van der Waals surface area (Å²) in [7, 11) is 3.84. The highest BCUT2D eigenvalue weighted by molar-refractivity contribution is 6.46. The van der Waals surface area contributed by atoms with Gasteiger partial charge in [0.15, 0.2) is 0 Å². The molecule has 2 N–H and O–H groups in total. The highest BCUT2D eigenvalue weighted by Crippen LogP contribution is 2.39. The number of aliphatic hydroxyl groups excluding tert-OH is 2. The minimum atomic E-state index is -0.744. The highest BCUT2D eigenvalue weighted by atomic mass is 16.3. The normalized spacial score (nSPS) is 18.8. The smallest absolute Gasteiger partial charge is 0.295 e. The second kappa shape index (κ2) is 7.63. The van der Waals surface area contributed by atoms with Gasteiger partial charge in [0.05, 0.1) is 18.2 Å².